The van der Waals surface area contributed by atoms with Gasteiger partial charge in [-0.1, -0.05) is 41.4 Å². The lowest BCUT2D eigenvalue weighted by Gasteiger charge is -2.11. The summed E-state index contributed by atoms with van der Waals surface area (Å²) in [5, 5.41) is 15.0. The minimum absolute atomic E-state index is 0.124. The lowest BCUT2D eigenvalue weighted by molar-refractivity contribution is -0.112. The van der Waals surface area contributed by atoms with E-state index in [9.17, 15) is 14.9 Å². The van der Waals surface area contributed by atoms with Crippen LogP contribution < -0.4 is 10.6 Å². The molecule has 0 spiro atoms. The number of para-hydroxylation sites is 1. The summed E-state index contributed by atoms with van der Waals surface area (Å²) in [5.41, 5.74) is 2.13. The number of amides is 1. The van der Waals surface area contributed by atoms with E-state index in [2.05, 4.69) is 26.6 Å². The van der Waals surface area contributed by atoms with Gasteiger partial charge in [0.25, 0.3) is 5.91 Å². The van der Waals surface area contributed by atoms with Gasteiger partial charge in [0, 0.05) is 16.4 Å². The number of nitrogens with one attached hydrogen (secondary N) is 2. The fourth-order valence-corrected chi connectivity index (χ4v) is 2.91. The fourth-order valence-electron chi connectivity index (χ4n) is 2.43. The number of halogens is 1. The molecule has 6 nitrogen and oxygen atoms in total. The molecular formula is C22H22BrN3O3. The Morgan fingerprint density at radius 3 is 2.66 bits per heavy atom. The van der Waals surface area contributed by atoms with E-state index < -0.39 is 11.9 Å². The van der Waals surface area contributed by atoms with E-state index in [4.69, 9.17) is 4.74 Å². The number of nitrogens with zero attached hydrogens (tertiary/aromatic N) is 1. The Hall–Kier alpha value is -3.11. The second kappa shape index (κ2) is 11.0. The van der Waals surface area contributed by atoms with Gasteiger partial charge in [-0.2, -0.15) is 5.26 Å². The molecule has 0 aliphatic heterocycles. The van der Waals surface area contributed by atoms with Gasteiger partial charge in [0.15, 0.2) is 0 Å². The van der Waals surface area contributed by atoms with E-state index in [0.29, 0.717) is 12.3 Å². The first kappa shape index (κ1) is 22.2. The summed E-state index contributed by atoms with van der Waals surface area (Å²) < 4.78 is 6.16. The SMILES string of the molecule is CCCCOC(=O)c1ccccc1NC(=O)/C(C#N)=C\Nc1ccc(Br)cc1C. The van der Waals surface area contributed by atoms with Crippen LogP contribution in [0, 0.1) is 18.3 Å². The van der Waals surface area contributed by atoms with Crippen LogP contribution in [0.4, 0.5) is 11.4 Å². The molecule has 2 aromatic carbocycles. The molecule has 150 valence electrons. The van der Waals surface area contributed by atoms with Crippen LogP contribution in [0.3, 0.4) is 0 Å². The number of anilines is 2. The Kier molecular flexibility index (Phi) is 8.44. The predicted octanol–water partition coefficient (Wildman–Crippen LogP) is 5.17. The number of nitriles is 1. The van der Waals surface area contributed by atoms with Gasteiger partial charge in [0.05, 0.1) is 17.9 Å². The molecule has 0 saturated heterocycles. The van der Waals surface area contributed by atoms with Crippen molar-refractivity contribution in [3.8, 4) is 6.07 Å². The van der Waals surface area contributed by atoms with Gasteiger partial charge in [0.1, 0.15) is 11.6 Å². The number of aryl methyl sites for hydroxylation is 1. The van der Waals surface area contributed by atoms with Crippen molar-refractivity contribution < 1.29 is 14.3 Å². The lowest BCUT2D eigenvalue weighted by Crippen LogP contribution is -2.18. The smallest absolute Gasteiger partial charge is 0.340 e. The third-order valence-corrected chi connectivity index (χ3v) is 4.55. The number of carbonyl (C=O) groups excluding carboxylic acids is 2. The van der Waals surface area contributed by atoms with E-state index >= 15 is 0 Å². The molecule has 0 radical (unpaired) electrons. The first-order valence-corrected chi connectivity index (χ1v) is 9.96. The van der Waals surface area contributed by atoms with Crippen LogP contribution in [0.2, 0.25) is 0 Å². The van der Waals surface area contributed by atoms with Crippen molar-refractivity contribution in [3.05, 3.63) is 69.8 Å². The van der Waals surface area contributed by atoms with E-state index in [-0.39, 0.29) is 11.1 Å². The quantitative estimate of drug-likeness (QED) is 0.248. The molecular weight excluding hydrogens is 434 g/mol. The number of unbranched alkanes of at least 4 members (excludes halogenated alkanes) is 1. The molecule has 0 bridgehead atoms. The van der Waals surface area contributed by atoms with Crippen molar-refractivity contribution in [1.29, 1.82) is 5.26 Å². The summed E-state index contributed by atoms with van der Waals surface area (Å²) in [5.74, 6) is -1.14. The highest BCUT2D eigenvalue weighted by Crippen LogP contribution is 2.21. The Bertz CT molecular complexity index is 964. The minimum Gasteiger partial charge on any atom is -0.462 e. The summed E-state index contributed by atoms with van der Waals surface area (Å²) in [6.07, 6.45) is 3.02. The van der Waals surface area contributed by atoms with Crippen molar-refractivity contribution >= 4 is 39.2 Å². The monoisotopic (exact) mass is 455 g/mol. The second-order valence-corrected chi connectivity index (χ2v) is 7.18. The van der Waals surface area contributed by atoms with Gasteiger partial charge in [-0.05, 0) is 49.2 Å². The van der Waals surface area contributed by atoms with Crippen LogP contribution in [-0.4, -0.2) is 18.5 Å². The zero-order valence-electron chi connectivity index (χ0n) is 16.3. The molecule has 2 rings (SSSR count). The molecule has 0 fully saturated rings. The normalized spacial score (nSPS) is 10.8. The molecule has 0 aliphatic carbocycles. The van der Waals surface area contributed by atoms with Gasteiger partial charge < -0.3 is 15.4 Å². The van der Waals surface area contributed by atoms with Crippen molar-refractivity contribution in [2.24, 2.45) is 0 Å². The van der Waals surface area contributed by atoms with E-state index in [1.807, 2.05) is 38.1 Å². The Morgan fingerprint density at radius 2 is 1.97 bits per heavy atom. The predicted molar refractivity (Wildman–Crippen MR) is 116 cm³/mol. The summed E-state index contributed by atoms with van der Waals surface area (Å²) in [6, 6.07) is 14.0. The van der Waals surface area contributed by atoms with Crippen LogP contribution in [0.25, 0.3) is 0 Å². The summed E-state index contributed by atoms with van der Waals surface area (Å²) in [7, 11) is 0. The molecule has 29 heavy (non-hydrogen) atoms. The molecule has 0 aromatic heterocycles. The highest BCUT2D eigenvalue weighted by atomic mass is 79.9. The first-order chi connectivity index (χ1) is 14.0. The molecule has 2 N–H and O–H groups in total. The maximum absolute atomic E-state index is 12.5. The maximum atomic E-state index is 12.5. The van der Waals surface area contributed by atoms with Gasteiger partial charge in [-0.3, -0.25) is 4.79 Å². The van der Waals surface area contributed by atoms with Crippen molar-refractivity contribution in [2.45, 2.75) is 26.7 Å². The third kappa shape index (κ3) is 6.47. The summed E-state index contributed by atoms with van der Waals surface area (Å²) >= 11 is 3.39. The van der Waals surface area contributed by atoms with Gasteiger partial charge in [0.2, 0.25) is 0 Å². The highest BCUT2D eigenvalue weighted by molar-refractivity contribution is 9.10. The lowest BCUT2D eigenvalue weighted by atomic mass is 10.1. The van der Waals surface area contributed by atoms with Crippen molar-refractivity contribution in [3.63, 3.8) is 0 Å². The molecule has 0 saturated carbocycles. The van der Waals surface area contributed by atoms with Gasteiger partial charge in [-0.25, -0.2) is 4.79 Å². The van der Waals surface area contributed by atoms with Crippen LogP contribution in [0.5, 0.6) is 0 Å². The largest absolute Gasteiger partial charge is 0.462 e. The molecule has 0 heterocycles. The van der Waals surface area contributed by atoms with Gasteiger partial charge in [-0.15, -0.1) is 0 Å². The number of esters is 1. The number of rotatable bonds is 8. The van der Waals surface area contributed by atoms with Crippen LogP contribution in [-0.2, 0) is 9.53 Å². The highest BCUT2D eigenvalue weighted by Gasteiger charge is 2.16. The average Bonchev–Trinajstić information content (AvgIpc) is 2.70. The number of hydrogen-bond acceptors (Lipinski definition) is 5. The molecule has 1 amide bonds. The number of ether oxygens (including phenoxy) is 1. The summed E-state index contributed by atoms with van der Waals surface area (Å²) in [4.78, 5) is 24.8. The first-order valence-electron chi connectivity index (χ1n) is 9.16. The number of hydrogen-bond donors (Lipinski definition) is 2. The molecule has 0 atom stereocenters. The molecule has 2 aromatic rings. The molecule has 0 aliphatic rings. The van der Waals surface area contributed by atoms with Gasteiger partial charge >= 0.3 is 5.97 Å². The average molecular weight is 456 g/mol. The zero-order valence-corrected chi connectivity index (χ0v) is 17.9. The Balaban J connectivity index is 2.13. The maximum Gasteiger partial charge on any atom is 0.340 e. The van der Waals surface area contributed by atoms with Crippen molar-refractivity contribution in [2.75, 3.05) is 17.2 Å². The van der Waals surface area contributed by atoms with E-state index in [1.54, 1.807) is 24.3 Å². The second-order valence-electron chi connectivity index (χ2n) is 6.26. The van der Waals surface area contributed by atoms with Crippen LogP contribution >= 0.6 is 15.9 Å². The minimum atomic E-state index is -0.622. The number of carbonyl (C=O) groups is 2. The van der Waals surface area contributed by atoms with E-state index in [0.717, 1.165) is 28.6 Å². The molecule has 0 unspecified atom stereocenters. The topological polar surface area (TPSA) is 91.2 Å². The zero-order chi connectivity index (χ0) is 21.2. The van der Waals surface area contributed by atoms with Crippen LogP contribution in [0.1, 0.15) is 35.7 Å². The Labute approximate surface area is 178 Å². The van der Waals surface area contributed by atoms with Crippen LogP contribution in [0.15, 0.2) is 58.7 Å². The molecule has 7 heteroatoms. The van der Waals surface area contributed by atoms with Crippen molar-refractivity contribution in [1.82, 2.24) is 0 Å². The Morgan fingerprint density at radius 1 is 1.21 bits per heavy atom. The van der Waals surface area contributed by atoms with E-state index in [1.165, 1.54) is 6.20 Å². The summed E-state index contributed by atoms with van der Waals surface area (Å²) in [6.45, 7) is 4.23. The fraction of sp³-hybridized carbons (Fsp3) is 0.227. The standard InChI is InChI=1S/C22H22BrN3O3/c1-3-4-11-29-22(28)18-7-5-6-8-20(18)26-21(27)16(13-24)14-25-19-10-9-17(23)12-15(19)2/h5-10,12,14,25H,3-4,11H2,1-2H3,(H,26,27)/b16-14-. The number of benzene rings is 2. The third-order valence-electron chi connectivity index (χ3n) is 4.05.